The molecule has 1 aliphatic heterocycles. The highest BCUT2D eigenvalue weighted by Crippen LogP contribution is 2.13. The molecule has 1 rings (SSSR count). The van der Waals surface area contributed by atoms with E-state index >= 15 is 0 Å². The molecule has 72 valence electrons. The number of carboxylic acid groups (broad SMARTS) is 2. The highest BCUT2D eigenvalue weighted by molar-refractivity contribution is 5.93. The minimum Gasteiger partial charge on any atom is -0.478 e. The maximum absolute atomic E-state index is 10.4. The van der Waals surface area contributed by atoms with Gasteiger partial charge in [-0.15, -0.1) is 12.4 Å². The molecule has 0 spiro atoms. The Hall–Kier alpha value is -1.49. The van der Waals surface area contributed by atoms with Gasteiger partial charge in [-0.3, -0.25) is 0 Å². The summed E-state index contributed by atoms with van der Waals surface area (Å²) in [5, 5.41) is 19.5. The van der Waals surface area contributed by atoms with Crippen molar-refractivity contribution >= 4 is 24.3 Å². The zero-order valence-electron chi connectivity index (χ0n) is 6.48. The van der Waals surface area contributed by atoms with Crippen LogP contribution in [0, 0.1) is 0 Å². The van der Waals surface area contributed by atoms with Gasteiger partial charge in [-0.2, -0.15) is 0 Å². The third kappa shape index (κ3) is 2.79. The summed E-state index contributed by atoms with van der Waals surface area (Å²) in [6.07, 6.45) is 2.50. The maximum atomic E-state index is 10.4. The molecule has 0 fully saturated rings. The number of hydrogen-bond acceptors (Lipinski definition) is 3. The Morgan fingerprint density at radius 1 is 1.15 bits per heavy atom. The van der Waals surface area contributed by atoms with E-state index < -0.39 is 11.9 Å². The SMILES string of the molecule is Cl.O=C(O)C1=CNC=C(C(=O)O)C1. The number of halogens is 1. The summed E-state index contributed by atoms with van der Waals surface area (Å²) in [5.41, 5.74) is 0.102. The van der Waals surface area contributed by atoms with Crippen molar-refractivity contribution in [3.63, 3.8) is 0 Å². The molecule has 0 aromatic rings. The molecule has 0 unspecified atom stereocenters. The van der Waals surface area contributed by atoms with Gasteiger partial charge in [0, 0.05) is 18.8 Å². The summed E-state index contributed by atoms with van der Waals surface area (Å²) in [6.45, 7) is 0. The van der Waals surface area contributed by atoms with Gasteiger partial charge in [-0.05, 0) is 0 Å². The summed E-state index contributed by atoms with van der Waals surface area (Å²) in [4.78, 5) is 20.8. The third-order valence-electron chi connectivity index (χ3n) is 1.45. The molecule has 13 heavy (non-hydrogen) atoms. The number of nitrogens with one attached hydrogen (secondary N) is 1. The Balaban J connectivity index is 0.00000144. The quantitative estimate of drug-likeness (QED) is 0.605. The van der Waals surface area contributed by atoms with Crippen molar-refractivity contribution in [3.8, 4) is 0 Å². The largest absolute Gasteiger partial charge is 0.478 e. The Morgan fingerprint density at radius 2 is 1.54 bits per heavy atom. The standard InChI is InChI=1S/C7H7NO4.ClH/c9-6(10)4-1-5(7(11)12)3-8-2-4;/h2-3,8H,1H2,(H,9,10)(H,11,12);1H. The molecule has 0 aromatic carbocycles. The highest BCUT2D eigenvalue weighted by atomic mass is 35.5. The zero-order valence-corrected chi connectivity index (χ0v) is 7.30. The van der Waals surface area contributed by atoms with Crippen LogP contribution in [0.25, 0.3) is 0 Å². The van der Waals surface area contributed by atoms with Crippen molar-refractivity contribution in [1.29, 1.82) is 0 Å². The lowest BCUT2D eigenvalue weighted by Gasteiger charge is -2.08. The minimum atomic E-state index is -1.10. The summed E-state index contributed by atoms with van der Waals surface area (Å²) in [5.74, 6) is -2.20. The van der Waals surface area contributed by atoms with E-state index in [1.54, 1.807) is 0 Å². The number of aliphatic carboxylic acids is 2. The van der Waals surface area contributed by atoms with E-state index in [2.05, 4.69) is 5.32 Å². The summed E-state index contributed by atoms with van der Waals surface area (Å²) >= 11 is 0. The predicted molar refractivity (Wildman–Crippen MR) is 46.4 cm³/mol. The van der Waals surface area contributed by atoms with Gasteiger partial charge in [0.15, 0.2) is 0 Å². The van der Waals surface area contributed by atoms with Crippen LogP contribution in [0.5, 0.6) is 0 Å². The minimum absolute atomic E-state index is 0. The number of hydrogen-bond donors (Lipinski definition) is 3. The van der Waals surface area contributed by atoms with Crippen molar-refractivity contribution in [2.75, 3.05) is 0 Å². The average Bonchev–Trinajstić information content (AvgIpc) is 2.04. The van der Waals surface area contributed by atoms with Crippen LogP contribution in [0.1, 0.15) is 6.42 Å². The van der Waals surface area contributed by atoms with Crippen LogP contribution >= 0.6 is 12.4 Å². The molecule has 0 aliphatic carbocycles. The molecule has 5 nitrogen and oxygen atoms in total. The summed E-state index contributed by atoms with van der Waals surface area (Å²) < 4.78 is 0. The van der Waals surface area contributed by atoms with Gasteiger partial charge in [0.1, 0.15) is 0 Å². The molecule has 0 radical (unpaired) electrons. The molecule has 6 heteroatoms. The Bertz CT molecular complexity index is 267. The van der Waals surface area contributed by atoms with Crippen LogP contribution in [0.3, 0.4) is 0 Å². The third-order valence-corrected chi connectivity index (χ3v) is 1.45. The number of dihydropyridines is 1. The van der Waals surface area contributed by atoms with Gasteiger partial charge in [0.2, 0.25) is 0 Å². The van der Waals surface area contributed by atoms with Crippen LogP contribution in [-0.4, -0.2) is 22.2 Å². The van der Waals surface area contributed by atoms with Crippen LogP contribution in [0.4, 0.5) is 0 Å². The molecule has 0 aromatic heterocycles. The molecular weight excluding hydrogens is 198 g/mol. The lowest BCUT2D eigenvalue weighted by atomic mass is 10.1. The van der Waals surface area contributed by atoms with Crippen LogP contribution in [-0.2, 0) is 9.59 Å². The molecule has 0 atom stereocenters. The van der Waals surface area contributed by atoms with Crippen molar-refractivity contribution in [3.05, 3.63) is 23.5 Å². The smallest absolute Gasteiger partial charge is 0.333 e. The highest BCUT2D eigenvalue weighted by Gasteiger charge is 2.17. The molecular formula is C7H8ClNO4. The van der Waals surface area contributed by atoms with Gasteiger partial charge < -0.3 is 15.5 Å². The van der Waals surface area contributed by atoms with Crippen molar-refractivity contribution in [2.45, 2.75) is 6.42 Å². The fourth-order valence-electron chi connectivity index (χ4n) is 0.825. The summed E-state index contributed by atoms with van der Waals surface area (Å²) in [7, 11) is 0. The molecule has 0 saturated carbocycles. The first kappa shape index (κ1) is 11.5. The van der Waals surface area contributed by atoms with E-state index in [4.69, 9.17) is 10.2 Å². The molecule has 1 aliphatic rings. The Morgan fingerprint density at radius 3 is 1.85 bits per heavy atom. The van der Waals surface area contributed by atoms with Crippen LogP contribution < -0.4 is 5.32 Å². The molecule has 3 N–H and O–H groups in total. The van der Waals surface area contributed by atoms with E-state index in [0.29, 0.717) is 0 Å². The maximum Gasteiger partial charge on any atom is 0.333 e. The van der Waals surface area contributed by atoms with Crippen molar-refractivity contribution in [2.24, 2.45) is 0 Å². The van der Waals surface area contributed by atoms with Gasteiger partial charge in [0.25, 0.3) is 0 Å². The van der Waals surface area contributed by atoms with Gasteiger partial charge in [-0.25, -0.2) is 9.59 Å². The van der Waals surface area contributed by atoms with Crippen molar-refractivity contribution in [1.82, 2.24) is 5.32 Å². The zero-order chi connectivity index (χ0) is 9.14. The van der Waals surface area contributed by atoms with Gasteiger partial charge >= 0.3 is 11.9 Å². The van der Waals surface area contributed by atoms with Crippen LogP contribution in [0.2, 0.25) is 0 Å². The fourth-order valence-corrected chi connectivity index (χ4v) is 0.825. The Labute approximate surface area is 80.2 Å². The van der Waals surface area contributed by atoms with Gasteiger partial charge in [-0.1, -0.05) is 0 Å². The van der Waals surface area contributed by atoms with E-state index in [1.807, 2.05) is 0 Å². The molecule has 0 amide bonds. The number of carbonyl (C=O) groups is 2. The van der Waals surface area contributed by atoms with Crippen molar-refractivity contribution < 1.29 is 19.8 Å². The summed E-state index contributed by atoms with van der Waals surface area (Å²) in [6, 6.07) is 0. The molecule has 0 saturated heterocycles. The monoisotopic (exact) mass is 205 g/mol. The van der Waals surface area contributed by atoms with E-state index in [-0.39, 0.29) is 30.0 Å². The fraction of sp³-hybridized carbons (Fsp3) is 0.143. The molecule has 1 heterocycles. The lowest BCUT2D eigenvalue weighted by Crippen LogP contribution is -2.16. The van der Waals surface area contributed by atoms with Crippen LogP contribution in [0.15, 0.2) is 23.5 Å². The number of carboxylic acids is 2. The second-order valence-electron chi connectivity index (χ2n) is 2.29. The number of rotatable bonds is 2. The van der Waals surface area contributed by atoms with E-state index in [9.17, 15) is 9.59 Å². The van der Waals surface area contributed by atoms with E-state index in [1.165, 1.54) is 12.4 Å². The first-order valence-electron chi connectivity index (χ1n) is 3.22. The first-order chi connectivity index (χ1) is 5.61. The Kier molecular flexibility index (Phi) is 4.00. The average molecular weight is 206 g/mol. The van der Waals surface area contributed by atoms with E-state index in [0.717, 1.165) is 0 Å². The lowest BCUT2D eigenvalue weighted by molar-refractivity contribution is -0.133. The normalized spacial score (nSPS) is 14.5. The van der Waals surface area contributed by atoms with Gasteiger partial charge in [0.05, 0.1) is 11.1 Å². The topological polar surface area (TPSA) is 86.6 Å². The predicted octanol–water partition coefficient (Wildman–Crippen LogP) is 0.338. The second-order valence-corrected chi connectivity index (χ2v) is 2.29. The first-order valence-corrected chi connectivity index (χ1v) is 3.22. The second kappa shape index (κ2) is 4.51. The molecule has 0 bridgehead atoms.